The molecule has 0 radical (unpaired) electrons. The maximum absolute atomic E-state index is 13.4. The van der Waals surface area contributed by atoms with Crippen LogP contribution >= 0.6 is 0 Å². The van der Waals surface area contributed by atoms with E-state index in [0.29, 0.717) is 6.54 Å². The first-order valence-electron chi connectivity index (χ1n) is 9.88. The molecular formula is C22H29FN4O2. The summed E-state index contributed by atoms with van der Waals surface area (Å²) in [4.78, 5) is 6.91. The fraction of sp³-hybridized carbons (Fsp3) is 0.409. The molecule has 1 aliphatic rings. The maximum atomic E-state index is 13.4. The van der Waals surface area contributed by atoms with E-state index in [9.17, 15) is 4.39 Å². The molecule has 2 N–H and O–H groups in total. The summed E-state index contributed by atoms with van der Waals surface area (Å²) in [6, 6.07) is 12.7. The van der Waals surface area contributed by atoms with Crippen LogP contribution in [0.3, 0.4) is 0 Å². The molecule has 2 aromatic carbocycles. The van der Waals surface area contributed by atoms with Crippen molar-refractivity contribution in [1.82, 2.24) is 10.6 Å². The van der Waals surface area contributed by atoms with Gasteiger partial charge in [0.05, 0.1) is 20.8 Å². The zero-order chi connectivity index (χ0) is 20.6. The summed E-state index contributed by atoms with van der Waals surface area (Å²) >= 11 is 0. The molecule has 1 fully saturated rings. The summed E-state index contributed by atoms with van der Waals surface area (Å²) in [5, 5.41) is 6.77. The van der Waals surface area contributed by atoms with Gasteiger partial charge in [0.15, 0.2) is 5.96 Å². The average Bonchev–Trinajstić information content (AvgIpc) is 3.20. The molecule has 1 aliphatic heterocycles. The van der Waals surface area contributed by atoms with Crippen molar-refractivity contribution in [3.8, 4) is 11.5 Å². The highest BCUT2D eigenvalue weighted by Gasteiger charge is 2.24. The monoisotopic (exact) mass is 400 g/mol. The van der Waals surface area contributed by atoms with E-state index < -0.39 is 0 Å². The first kappa shape index (κ1) is 20.8. The Labute approximate surface area is 171 Å². The molecule has 3 rings (SSSR count). The Morgan fingerprint density at radius 3 is 2.59 bits per heavy atom. The molecule has 29 heavy (non-hydrogen) atoms. The van der Waals surface area contributed by atoms with Crippen molar-refractivity contribution >= 4 is 11.6 Å². The van der Waals surface area contributed by atoms with Gasteiger partial charge in [-0.2, -0.15) is 0 Å². The Bertz CT molecular complexity index is 821. The highest BCUT2D eigenvalue weighted by molar-refractivity contribution is 5.80. The quantitative estimate of drug-likeness (QED) is 0.552. The summed E-state index contributed by atoms with van der Waals surface area (Å²) < 4.78 is 24.1. The molecule has 7 heteroatoms. The standard InChI is InChI=1S/C22H29FN4O2/c1-4-24-22(25-14-16-6-5-7-17(23)10-16)26-18-8-9-27(15-18)19-11-20(28-2)13-21(12-19)29-3/h5-7,10-13,18H,4,8-9,14-15H2,1-3H3,(H2,24,25,26). The predicted molar refractivity (Wildman–Crippen MR) is 115 cm³/mol. The van der Waals surface area contributed by atoms with Crippen molar-refractivity contribution < 1.29 is 13.9 Å². The van der Waals surface area contributed by atoms with Gasteiger partial charge in [-0.15, -0.1) is 0 Å². The van der Waals surface area contributed by atoms with Gasteiger partial charge in [-0.1, -0.05) is 12.1 Å². The van der Waals surface area contributed by atoms with Crippen molar-refractivity contribution in [1.29, 1.82) is 0 Å². The second-order valence-corrected chi connectivity index (χ2v) is 6.97. The third-order valence-corrected chi connectivity index (χ3v) is 4.88. The van der Waals surface area contributed by atoms with Crippen LogP contribution in [0.5, 0.6) is 11.5 Å². The van der Waals surface area contributed by atoms with Crippen LogP contribution in [0.25, 0.3) is 0 Å². The number of anilines is 1. The molecule has 0 bridgehead atoms. The van der Waals surface area contributed by atoms with E-state index in [1.54, 1.807) is 20.3 Å². The van der Waals surface area contributed by atoms with E-state index in [1.165, 1.54) is 12.1 Å². The van der Waals surface area contributed by atoms with Gasteiger partial charge in [-0.25, -0.2) is 9.38 Å². The van der Waals surface area contributed by atoms with E-state index in [4.69, 9.17) is 9.47 Å². The average molecular weight is 400 g/mol. The minimum atomic E-state index is -0.240. The Morgan fingerprint density at radius 1 is 1.17 bits per heavy atom. The molecule has 2 aromatic rings. The van der Waals surface area contributed by atoms with Gasteiger partial charge in [0.25, 0.3) is 0 Å². The number of hydrogen-bond acceptors (Lipinski definition) is 4. The fourth-order valence-electron chi connectivity index (χ4n) is 3.41. The number of ether oxygens (including phenoxy) is 2. The maximum Gasteiger partial charge on any atom is 0.191 e. The van der Waals surface area contributed by atoms with Crippen molar-refractivity contribution in [3.05, 3.63) is 53.8 Å². The number of aliphatic imine (C=N–C) groups is 1. The number of hydrogen-bond donors (Lipinski definition) is 2. The van der Waals surface area contributed by atoms with Crippen LogP contribution in [0.1, 0.15) is 18.9 Å². The molecule has 0 saturated carbocycles. The molecular weight excluding hydrogens is 371 g/mol. The van der Waals surface area contributed by atoms with E-state index in [-0.39, 0.29) is 11.9 Å². The Hall–Kier alpha value is -2.96. The molecule has 1 saturated heterocycles. The number of rotatable bonds is 7. The van der Waals surface area contributed by atoms with Crippen LogP contribution in [-0.4, -0.2) is 45.9 Å². The predicted octanol–water partition coefficient (Wildman–Crippen LogP) is 3.18. The van der Waals surface area contributed by atoms with Gasteiger partial charge in [-0.05, 0) is 31.0 Å². The largest absolute Gasteiger partial charge is 0.497 e. The second-order valence-electron chi connectivity index (χ2n) is 6.97. The van der Waals surface area contributed by atoms with Crippen LogP contribution in [-0.2, 0) is 6.54 Å². The van der Waals surface area contributed by atoms with E-state index >= 15 is 0 Å². The first-order chi connectivity index (χ1) is 14.1. The Balaban J connectivity index is 1.64. The molecule has 156 valence electrons. The lowest BCUT2D eigenvalue weighted by Gasteiger charge is -2.21. The zero-order valence-electron chi connectivity index (χ0n) is 17.2. The highest BCUT2D eigenvalue weighted by atomic mass is 19.1. The molecule has 0 aliphatic carbocycles. The van der Waals surface area contributed by atoms with E-state index in [0.717, 1.165) is 54.8 Å². The number of halogens is 1. The summed E-state index contributed by atoms with van der Waals surface area (Å²) in [6.07, 6.45) is 0.990. The lowest BCUT2D eigenvalue weighted by Crippen LogP contribution is -2.44. The topological polar surface area (TPSA) is 58.1 Å². The third kappa shape index (κ3) is 5.76. The van der Waals surface area contributed by atoms with Gasteiger partial charge in [0.1, 0.15) is 17.3 Å². The minimum Gasteiger partial charge on any atom is -0.497 e. The molecule has 1 heterocycles. The number of methoxy groups -OCH3 is 2. The van der Waals surface area contributed by atoms with Crippen molar-refractivity contribution in [2.75, 3.05) is 38.8 Å². The van der Waals surface area contributed by atoms with E-state index in [1.807, 2.05) is 31.2 Å². The second kappa shape index (κ2) is 10.0. The van der Waals surface area contributed by atoms with Gasteiger partial charge in [0.2, 0.25) is 0 Å². The number of nitrogens with zero attached hydrogens (tertiary/aromatic N) is 2. The third-order valence-electron chi connectivity index (χ3n) is 4.88. The smallest absolute Gasteiger partial charge is 0.191 e. The number of guanidine groups is 1. The summed E-state index contributed by atoms with van der Waals surface area (Å²) in [7, 11) is 3.31. The Morgan fingerprint density at radius 2 is 1.93 bits per heavy atom. The first-order valence-corrected chi connectivity index (χ1v) is 9.88. The van der Waals surface area contributed by atoms with Crippen molar-refractivity contribution in [3.63, 3.8) is 0 Å². The van der Waals surface area contributed by atoms with Crippen LogP contribution in [0.4, 0.5) is 10.1 Å². The van der Waals surface area contributed by atoms with Gasteiger partial charge in [-0.3, -0.25) is 0 Å². The summed E-state index contributed by atoms with van der Waals surface area (Å²) in [5.74, 6) is 2.06. The highest BCUT2D eigenvalue weighted by Crippen LogP contribution is 2.30. The minimum absolute atomic E-state index is 0.240. The SMILES string of the molecule is CCNC(=NCc1cccc(F)c1)NC1CCN(c2cc(OC)cc(OC)c2)C1. The fourth-order valence-corrected chi connectivity index (χ4v) is 3.41. The van der Waals surface area contributed by atoms with Gasteiger partial charge in [0, 0.05) is 49.6 Å². The normalized spacial score (nSPS) is 16.6. The molecule has 0 spiro atoms. The van der Waals surface area contributed by atoms with Crippen molar-refractivity contribution in [2.45, 2.75) is 25.9 Å². The molecule has 1 unspecified atom stereocenters. The molecule has 6 nitrogen and oxygen atoms in total. The van der Waals surface area contributed by atoms with Crippen LogP contribution in [0.15, 0.2) is 47.5 Å². The van der Waals surface area contributed by atoms with Gasteiger partial charge >= 0.3 is 0 Å². The lowest BCUT2D eigenvalue weighted by molar-refractivity contribution is 0.394. The van der Waals surface area contributed by atoms with Crippen LogP contribution < -0.4 is 25.0 Å². The molecule has 0 aromatic heterocycles. The lowest BCUT2D eigenvalue weighted by atomic mass is 10.2. The molecule has 1 atom stereocenters. The molecule has 0 amide bonds. The number of benzene rings is 2. The van der Waals surface area contributed by atoms with Crippen LogP contribution in [0.2, 0.25) is 0 Å². The van der Waals surface area contributed by atoms with Crippen molar-refractivity contribution in [2.24, 2.45) is 4.99 Å². The van der Waals surface area contributed by atoms with Gasteiger partial charge < -0.3 is 25.0 Å². The number of nitrogens with one attached hydrogen (secondary N) is 2. The summed E-state index contributed by atoms with van der Waals surface area (Å²) in [5.41, 5.74) is 1.92. The zero-order valence-corrected chi connectivity index (χ0v) is 17.2. The van der Waals surface area contributed by atoms with Crippen LogP contribution in [0, 0.1) is 5.82 Å². The van der Waals surface area contributed by atoms with E-state index in [2.05, 4.69) is 20.5 Å². The Kier molecular flexibility index (Phi) is 7.16. The summed E-state index contributed by atoms with van der Waals surface area (Å²) in [6.45, 7) is 5.00.